The van der Waals surface area contributed by atoms with Crippen molar-refractivity contribution in [3.8, 4) is 16.2 Å². The molecule has 1 aromatic heterocycles. The molecule has 0 atom stereocenters. The molecule has 15 heavy (non-hydrogen) atoms. The number of hydrogen-bond acceptors (Lipinski definition) is 3. The maximum atomic E-state index is 10.6. The predicted molar refractivity (Wildman–Crippen MR) is 61.7 cm³/mol. The van der Waals surface area contributed by atoms with E-state index in [0.717, 1.165) is 27.4 Å². The van der Waals surface area contributed by atoms with Gasteiger partial charge in [-0.05, 0) is 24.3 Å². The summed E-state index contributed by atoms with van der Waals surface area (Å²) in [6.07, 6.45) is 0.865. The highest BCUT2D eigenvalue weighted by Crippen LogP contribution is 2.34. The first kappa shape index (κ1) is 9.93. The van der Waals surface area contributed by atoms with Crippen molar-refractivity contribution in [1.82, 2.24) is 0 Å². The zero-order chi connectivity index (χ0) is 10.7. The second kappa shape index (κ2) is 4.28. The number of para-hydroxylation sites is 1. The summed E-state index contributed by atoms with van der Waals surface area (Å²) in [4.78, 5) is 12.4. The summed E-state index contributed by atoms with van der Waals surface area (Å²) in [5, 5.41) is 0. The van der Waals surface area contributed by atoms with E-state index in [4.69, 9.17) is 4.74 Å². The van der Waals surface area contributed by atoms with Crippen molar-refractivity contribution in [2.75, 3.05) is 7.11 Å². The molecular formula is C12H10O2S. The van der Waals surface area contributed by atoms with Crippen molar-refractivity contribution >= 4 is 17.6 Å². The fourth-order valence-electron chi connectivity index (χ4n) is 1.41. The molecule has 0 amide bonds. The Balaban J connectivity index is 2.48. The molecule has 0 aliphatic heterocycles. The molecule has 2 aromatic rings. The number of thiophene rings is 1. The van der Waals surface area contributed by atoms with Crippen LogP contribution in [-0.4, -0.2) is 13.4 Å². The SMILES string of the molecule is COc1ccccc1-c1ccc(C=O)s1. The molecule has 1 heterocycles. The maximum absolute atomic E-state index is 10.6. The number of ether oxygens (including phenoxy) is 1. The molecule has 1 aromatic carbocycles. The molecule has 2 rings (SSSR count). The van der Waals surface area contributed by atoms with Crippen LogP contribution in [0.1, 0.15) is 9.67 Å². The first-order valence-corrected chi connectivity index (χ1v) is 5.35. The Morgan fingerprint density at radius 2 is 2.00 bits per heavy atom. The molecular weight excluding hydrogens is 208 g/mol. The molecule has 0 aliphatic rings. The number of rotatable bonds is 3. The highest BCUT2D eigenvalue weighted by Gasteiger charge is 2.06. The highest BCUT2D eigenvalue weighted by atomic mass is 32.1. The van der Waals surface area contributed by atoms with Gasteiger partial charge in [-0.2, -0.15) is 0 Å². The zero-order valence-corrected chi connectivity index (χ0v) is 9.08. The van der Waals surface area contributed by atoms with Crippen LogP contribution in [0.15, 0.2) is 36.4 Å². The Morgan fingerprint density at radius 3 is 2.67 bits per heavy atom. The van der Waals surface area contributed by atoms with Crippen molar-refractivity contribution in [1.29, 1.82) is 0 Å². The van der Waals surface area contributed by atoms with Gasteiger partial charge in [-0.3, -0.25) is 4.79 Å². The maximum Gasteiger partial charge on any atom is 0.160 e. The summed E-state index contributed by atoms with van der Waals surface area (Å²) in [6.45, 7) is 0. The monoisotopic (exact) mass is 218 g/mol. The lowest BCUT2D eigenvalue weighted by atomic mass is 10.1. The van der Waals surface area contributed by atoms with Crippen molar-refractivity contribution in [2.24, 2.45) is 0 Å². The third kappa shape index (κ3) is 1.92. The van der Waals surface area contributed by atoms with E-state index < -0.39 is 0 Å². The van der Waals surface area contributed by atoms with Crippen LogP contribution in [0, 0.1) is 0 Å². The van der Waals surface area contributed by atoms with Crippen LogP contribution in [0.3, 0.4) is 0 Å². The van der Waals surface area contributed by atoms with E-state index in [1.807, 2.05) is 36.4 Å². The Hall–Kier alpha value is -1.61. The molecule has 0 saturated heterocycles. The number of methoxy groups -OCH3 is 1. The Kier molecular flexibility index (Phi) is 2.83. The minimum absolute atomic E-state index is 0.732. The van der Waals surface area contributed by atoms with Crippen molar-refractivity contribution in [3.63, 3.8) is 0 Å². The van der Waals surface area contributed by atoms with E-state index in [1.165, 1.54) is 11.3 Å². The summed E-state index contributed by atoms with van der Waals surface area (Å²) in [7, 11) is 1.65. The fourth-order valence-corrected chi connectivity index (χ4v) is 2.26. The number of carbonyl (C=O) groups excluding carboxylic acids is 1. The van der Waals surface area contributed by atoms with Crippen LogP contribution in [-0.2, 0) is 0 Å². The molecule has 0 radical (unpaired) electrons. The number of aldehydes is 1. The van der Waals surface area contributed by atoms with Gasteiger partial charge in [-0.25, -0.2) is 0 Å². The van der Waals surface area contributed by atoms with Gasteiger partial charge in [-0.15, -0.1) is 11.3 Å². The van der Waals surface area contributed by atoms with E-state index in [-0.39, 0.29) is 0 Å². The van der Waals surface area contributed by atoms with E-state index in [9.17, 15) is 4.79 Å². The lowest BCUT2D eigenvalue weighted by Crippen LogP contribution is -1.84. The first-order chi connectivity index (χ1) is 7.35. The Labute approximate surface area is 92.1 Å². The third-order valence-corrected chi connectivity index (χ3v) is 3.16. The highest BCUT2D eigenvalue weighted by molar-refractivity contribution is 7.17. The zero-order valence-electron chi connectivity index (χ0n) is 8.27. The van der Waals surface area contributed by atoms with Gasteiger partial charge in [0.05, 0.1) is 12.0 Å². The minimum Gasteiger partial charge on any atom is -0.496 e. The molecule has 0 unspecified atom stereocenters. The fraction of sp³-hybridized carbons (Fsp3) is 0.0833. The van der Waals surface area contributed by atoms with Crippen LogP contribution >= 0.6 is 11.3 Å². The van der Waals surface area contributed by atoms with Gasteiger partial charge in [0.2, 0.25) is 0 Å². The average Bonchev–Trinajstić information content (AvgIpc) is 2.77. The number of carbonyl (C=O) groups is 1. The smallest absolute Gasteiger partial charge is 0.160 e. The van der Waals surface area contributed by atoms with Gasteiger partial charge in [-0.1, -0.05) is 12.1 Å². The van der Waals surface area contributed by atoms with E-state index in [1.54, 1.807) is 7.11 Å². The second-order valence-electron chi connectivity index (χ2n) is 3.02. The lowest BCUT2D eigenvalue weighted by Gasteiger charge is -2.05. The van der Waals surface area contributed by atoms with Gasteiger partial charge in [0.15, 0.2) is 6.29 Å². The lowest BCUT2D eigenvalue weighted by molar-refractivity contribution is 0.112. The molecule has 76 valence electrons. The summed E-state index contributed by atoms with van der Waals surface area (Å²) in [5.41, 5.74) is 1.03. The predicted octanol–water partition coefficient (Wildman–Crippen LogP) is 3.24. The van der Waals surface area contributed by atoms with Gasteiger partial charge < -0.3 is 4.74 Å². The van der Waals surface area contributed by atoms with Gasteiger partial charge in [0.1, 0.15) is 5.75 Å². The standard InChI is InChI=1S/C12H10O2S/c1-14-11-5-3-2-4-10(11)12-7-6-9(8-13)15-12/h2-8H,1H3. The van der Waals surface area contributed by atoms with Crippen LogP contribution in [0.25, 0.3) is 10.4 Å². The van der Waals surface area contributed by atoms with Gasteiger partial charge in [0, 0.05) is 10.4 Å². The van der Waals surface area contributed by atoms with Crippen molar-refractivity contribution < 1.29 is 9.53 Å². The topological polar surface area (TPSA) is 26.3 Å². The summed E-state index contributed by atoms with van der Waals surface area (Å²) >= 11 is 1.47. The van der Waals surface area contributed by atoms with Gasteiger partial charge >= 0.3 is 0 Å². The third-order valence-electron chi connectivity index (χ3n) is 2.12. The molecule has 0 aliphatic carbocycles. The van der Waals surface area contributed by atoms with Crippen molar-refractivity contribution in [2.45, 2.75) is 0 Å². The van der Waals surface area contributed by atoms with Crippen LogP contribution in [0.5, 0.6) is 5.75 Å². The minimum atomic E-state index is 0.732. The molecule has 0 fully saturated rings. The first-order valence-electron chi connectivity index (χ1n) is 4.53. The Morgan fingerprint density at radius 1 is 1.20 bits per heavy atom. The number of hydrogen-bond donors (Lipinski definition) is 0. The number of benzene rings is 1. The largest absolute Gasteiger partial charge is 0.496 e. The molecule has 0 saturated carbocycles. The summed E-state index contributed by atoms with van der Waals surface area (Å²) in [6, 6.07) is 11.5. The van der Waals surface area contributed by atoms with Crippen molar-refractivity contribution in [3.05, 3.63) is 41.3 Å². The quantitative estimate of drug-likeness (QED) is 0.739. The normalized spacial score (nSPS) is 9.93. The van der Waals surface area contributed by atoms with Crippen LogP contribution in [0.2, 0.25) is 0 Å². The van der Waals surface area contributed by atoms with Crippen LogP contribution in [0.4, 0.5) is 0 Å². The molecule has 2 nitrogen and oxygen atoms in total. The summed E-state index contributed by atoms with van der Waals surface area (Å²) < 4.78 is 5.26. The van der Waals surface area contributed by atoms with E-state index in [2.05, 4.69) is 0 Å². The molecule has 0 bridgehead atoms. The average molecular weight is 218 g/mol. The molecule has 0 N–H and O–H groups in total. The van der Waals surface area contributed by atoms with E-state index in [0.29, 0.717) is 0 Å². The Bertz CT molecular complexity index is 474. The second-order valence-corrected chi connectivity index (χ2v) is 4.14. The van der Waals surface area contributed by atoms with Crippen LogP contribution < -0.4 is 4.74 Å². The van der Waals surface area contributed by atoms with E-state index >= 15 is 0 Å². The molecule has 0 spiro atoms. The molecule has 3 heteroatoms. The summed E-state index contributed by atoms with van der Waals surface area (Å²) in [5.74, 6) is 0.830. The van der Waals surface area contributed by atoms with Gasteiger partial charge in [0.25, 0.3) is 0 Å².